The molecule has 0 aromatic heterocycles. The Hall–Kier alpha value is -3.99. The van der Waals surface area contributed by atoms with Crippen molar-refractivity contribution < 1.29 is 33.8 Å². The van der Waals surface area contributed by atoms with Crippen LogP contribution in [0.25, 0.3) is 0 Å². The molecule has 2 aromatic carbocycles. The Morgan fingerprint density at radius 3 is 2.54 bits per heavy atom. The topological polar surface area (TPSA) is 125 Å². The highest BCUT2D eigenvalue weighted by molar-refractivity contribution is 6.34. The first-order valence-electron chi connectivity index (χ1n) is 17.4. The van der Waals surface area contributed by atoms with Crippen molar-refractivity contribution in [2.75, 3.05) is 24.7 Å². The molecule has 2 aromatic rings. The number of esters is 1. The second kappa shape index (κ2) is 15.9. The van der Waals surface area contributed by atoms with E-state index >= 15 is 0 Å². The predicted molar refractivity (Wildman–Crippen MR) is 191 cm³/mol. The number of fused-ring (bicyclic) bond motifs is 1. The molecule has 5 rings (SSSR count). The standard InChI is InChI=1S/C39H48ClN3O7/c1-6-8-17-31(45)49-23-29(26-14-10-9-11-15-26)41-36(46)32-30-18-19-39(50-30)33(32)37(47)43(27(22-44)21-24(3)4)35(39)38(48)42(20-7-2)34-25(5)13-12-16-28(34)40/h6-7,9-16,24,27,29-30,32-33,35,44H,1-2,8,17-23H2,3-5H3,(H,41,46)/t27-,29+,30-,32+,33+,35-,39+/m1/s1. The van der Waals surface area contributed by atoms with Crippen molar-refractivity contribution in [3.63, 3.8) is 0 Å². The molecule has 0 saturated carbocycles. The Kier molecular flexibility index (Phi) is 11.9. The van der Waals surface area contributed by atoms with Crippen LogP contribution in [0.5, 0.6) is 0 Å². The first-order chi connectivity index (χ1) is 24.0. The number of carbonyl (C=O) groups is 4. The Morgan fingerprint density at radius 2 is 1.90 bits per heavy atom. The molecule has 0 aliphatic carbocycles. The van der Waals surface area contributed by atoms with Gasteiger partial charge in [-0.25, -0.2) is 0 Å². The van der Waals surface area contributed by atoms with Crippen LogP contribution >= 0.6 is 11.6 Å². The van der Waals surface area contributed by atoms with E-state index in [1.165, 1.54) is 9.80 Å². The number of amides is 3. The van der Waals surface area contributed by atoms with Gasteiger partial charge in [0.15, 0.2) is 0 Å². The minimum absolute atomic E-state index is 0.0981. The number of para-hydroxylation sites is 1. The number of nitrogens with one attached hydrogen (secondary N) is 1. The number of aliphatic hydroxyl groups is 1. The van der Waals surface area contributed by atoms with Crippen LogP contribution in [0.2, 0.25) is 5.02 Å². The van der Waals surface area contributed by atoms with Gasteiger partial charge < -0.3 is 29.7 Å². The molecule has 3 fully saturated rings. The number of anilines is 1. The lowest BCUT2D eigenvalue weighted by molar-refractivity contribution is -0.146. The number of aliphatic hydroxyl groups excluding tert-OH is 1. The van der Waals surface area contributed by atoms with Crippen molar-refractivity contribution in [2.24, 2.45) is 17.8 Å². The van der Waals surface area contributed by atoms with Crippen molar-refractivity contribution in [1.29, 1.82) is 0 Å². The van der Waals surface area contributed by atoms with Crippen LogP contribution in [0, 0.1) is 24.7 Å². The second-order valence-corrected chi connectivity index (χ2v) is 14.3. The number of nitrogens with zero attached hydrogens (tertiary/aromatic N) is 2. The number of hydrogen-bond acceptors (Lipinski definition) is 7. The number of halogens is 1. The second-order valence-electron chi connectivity index (χ2n) is 13.9. The Morgan fingerprint density at radius 1 is 1.16 bits per heavy atom. The third kappa shape index (κ3) is 7.11. The fourth-order valence-corrected chi connectivity index (χ4v) is 8.38. The molecule has 50 heavy (non-hydrogen) atoms. The van der Waals surface area contributed by atoms with Gasteiger partial charge in [0.1, 0.15) is 18.2 Å². The Bertz CT molecular complexity index is 1580. The molecule has 11 heteroatoms. The maximum absolute atomic E-state index is 15.0. The molecule has 10 nitrogen and oxygen atoms in total. The smallest absolute Gasteiger partial charge is 0.306 e. The van der Waals surface area contributed by atoms with E-state index in [0.29, 0.717) is 36.4 Å². The quantitative estimate of drug-likeness (QED) is 0.179. The van der Waals surface area contributed by atoms with Gasteiger partial charge in [0.05, 0.1) is 47.3 Å². The summed E-state index contributed by atoms with van der Waals surface area (Å²) in [6.45, 7) is 13.0. The van der Waals surface area contributed by atoms with Gasteiger partial charge in [-0.05, 0) is 55.7 Å². The van der Waals surface area contributed by atoms with Crippen LogP contribution in [0.1, 0.15) is 63.1 Å². The lowest BCUT2D eigenvalue weighted by atomic mass is 9.70. The van der Waals surface area contributed by atoms with E-state index in [4.69, 9.17) is 21.1 Å². The van der Waals surface area contributed by atoms with Crippen molar-refractivity contribution in [1.82, 2.24) is 10.2 Å². The normalized spacial score (nSPS) is 24.8. The fraction of sp³-hybridized carbons (Fsp3) is 0.487. The van der Waals surface area contributed by atoms with Gasteiger partial charge in [0.2, 0.25) is 11.8 Å². The molecule has 0 unspecified atom stereocenters. The SMILES string of the molecule is C=CCCC(=O)OC[C@H](NC(=O)[C@@H]1[C@H]2C(=O)N([C@@H](CO)CC(C)C)[C@H](C(=O)N(CC=C)c3c(C)cccc3Cl)[C@]23CC[C@H]1O3)c1ccccc1. The molecule has 7 atom stereocenters. The summed E-state index contributed by atoms with van der Waals surface area (Å²) >= 11 is 6.69. The van der Waals surface area contributed by atoms with Gasteiger partial charge in [0.25, 0.3) is 5.91 Å². The van der Waals surface area contributed by atoms with E-state index in [0.717, 1.165) is 11.1 Å². The Balaban J connectivity index is 1.52. The number of rotatable bonds is 16. The van der Waals surface area contributed by atoms with Crippen LogP contribution in [-0.4, -0.2) is 77.2 Å². The number of allylic oxidation sites excluding steroid dienone is 1. The minimum Gasteiger partial charge on any atom is -0.463 e. The summed E-state index contributed by atoms with van der Waals surface area (Å²) in [5, 5.41) is 14.1. The lowest BCUT2D eigenvalue weighted by Gasteiger charge is -2.40. The molecule has 1 spiro atoms. The molecule has 3 aliphatic rings. The third-order valence-electron chi connectivity index (χ3n) is 10.1. The summed E-state index contributed by atoms with van der Waals surface area (Å²) in [4.78, 5) is 59.6. The Labute approximate surface area is 299 Å². The van der Waals surface area contributed by atoms with E-state index in [2.05, 4.69) is 18.5 Å². The average molecular weight is 706 g/mol. The fourth-order valence-electron chi connectivity index (χ4n) is 8.06. The summed E-state index contributed by atoms with van der Waals surface area (Å²) in [6, 6.07) is 12.1. The van der Waals surface area contributed by atoms with Gasteiger partial charge in [-0.3, -0.25) is 19.2 Å². The zero-order valence-electron chi connectivity index (χ0n) is 29.1. The highest BCUT2D eigenvalue weighted by Crippen LogP contribution is 2.59. The highest BCUT2D eigenvalue weighted by Gasteiger charge is 2.75. The largest absolute Gasteiger partial charge is 0.463 e. The van der Waals surface area contributed by atoms with Crippen molar-refractivity contribution >= 4 is 41.0 Å². The van der Waals surface area contributed by atoms with Crippen molar-refractivity contribution in [2.45, 2.75) is 82.7 Å². The third-order valence-corrected chi connectivity index (χ3v) is 10.4. The zero-order chi connectivity index (χ0) is 36.2. The molecular weight excluding hydrogens is 658 g/mol. The first kappa shape index (κ1) is 37.3. The monoisotopic (exact) mass is 705 g/mol. The summed E-state index contributed by atoms with van der Waals surface area (Å²) in [5.74, 6) is -3.42. The van der Waals surface area contributed by atoms with Gasteiger partial charge in [-0.2, -0.15) is 0 Å². The minimum atomic E-state index is -1.31. The summed E-state index contributed by atoms with van der Waals surface area (Å²) in [5.41, 5.74) is 0.700. The van der Waals surface area contributed by atoms with Gasteiger partial charge in [-0.1, -0.05) is 80.1 Å². The van der Waals surface area contributed by atoms with Crippen LogP contribution in [-0.2, 0) is 28.7 Å². The zero-order valence-corrected chi connectivity index (χ0v) is 29.8. The van der Waals surface area contributed by atoms with Crippen LogP contribution < -0.4 is 10.2 Å². The van der Waals surface area contributed by atoms with Crippen molar-refractivity contribution in [3.05, 3.63) is 90.0 Å². The molecule has 0 radical (unpaired) electrons. The van der Waals surface area contributed by atoms with Gasteiger partial charge in [-0.15, -0.1) is 13.2 Å². The van der Waals surface area contributed by atoms with E-state index in [1.807, 2.05) is 57.2 Å². The molecule has 268 valence electrons. The van der Waals surface area contributed by atoms with Crippen LogP contribution in [0.15, 0.2) is 73.8 Å². The summed E-state index contributed by atoms with van der Waals surface area (Å²) < 4.78 is 12.2. The lowest BCUT2D eigenvalue weighted by Crippen LogP contribution is -2.59. The number of carbonyl (C=O) groups excluding carboxylic acids is 4. The molecule has 3 amide bonds. The number of hydrogen-bond donors (Lipinski definition) is 2. The molecular formula is C39H48ClN3O7. The number of ether oxygens (including phenoxy) is 2. The first-order valence-corrected chi connectivity index (χ1v) is 17.8. The van der Waals surface area contributed by atoms with Gasteiger partial charge >= 0.3 is 5.97 Å². The maximum atomic E-state index is 15.0. The predicted octanol–water partition coefficient (Wildman–Crippen LogP) is 5.32. The van der Waals surface area contributed by atoms with E-state index < -0.39 is 65.4 Å². The highest BCUT2D eigenvalue weighted by atomic mass is 35.5. The number of likely N-dealkylation sites (tertiary alicyclic amines) is 1. The van der Waals surface area contributed by atoms with E-state index in [1.54, 1.807) is 24.3 Å². The molecule has 2 N–H and O–H groups in total. The van der Waals surface area contributed by atoms with Crippen molar-refractivity contribution in [3.8, 4) is 0 Å². The van der Waals surface area contributed by atoms with Gasteiger partial charge in [0, 0.05) is 13.0 Å². The number of aryl methyl sites for hydroxylation is 1. The van der Waals surface area contributed by atoms with E-state index in [9.17, 15) is 24.3 Å². The maximum Gasteiger partial charge on any atom is 0.306 e. The van der Waals surface area contributed by atoms with E-state index in [-0.39, 0.29) is 32.1 Å². The molecule has 3 aliphatic heterocycles. The molecule has 3 saturated heterocycles. The van der Waals surface area contributed by atoms with Crippen LogP contribution in [0.4, 0.5) is 5.69 Å². The summed E-state index contributed by atoms with van der Waals surface area (Å²) in [7, 11) is 0. The average Bonchev–Trinajstić information content (AvgIpc) is 3.74. The van der Waals surface area contributed by atoms with Crippen LogP contribution in [0.3, 0.4) is 0 Å². The number of benzene rings is 2. The summed E-state index contributed by atoms with van der Waals surface area (Å²) in [6.07, 6.45) is 4.56. The molecule has 2 bridgehead atoms. The molecule has 3 heterocycles.